The third-order valence-corrected chi connectivity index (χ3v) is 4.05. The number of aliphatic hydroxyl groups is 1. The second kappa shape index (κ2) is 5.33. The molecule has 21 heavy (non-hydrogen) atoms. The number of aromatic nitrogens is 4. The number of aryl methyl sites for hydroxylation is 2. The molecule has 112 valence electrons. The summed E-state index contributed by atoms with van der Waals surface area (Å²) in [7, 11) is 1.81. The average molecular weight is 289 g/mol. The Morgan fingerprint density at radius 1 is 1.43 bits per heavy atom. The molecule has 0 aromatic carbocycles. The molecule has 3 atom stereocenters. The van der Waals surface area contributed by atoms with Crippen molar-refractivity contribution in [2.24, 2.45) is 7.05 Å². The van der Waals surface area contributed by atoms with Crippen molar-refractivity contribution in [2.45, 2.75) is 38.0 Å². The molecular weight excluding hydrogens is 270 g/mol. The first-order valence-corrected chi connectivity index (χ1v) is 7.02. The zero-order valence-electron chi connectivity index (χ0n) is 12.1. The van der Waals surface area contributed by atoms with Gasteiger partial charge < -0.3 is 19.6 Å². The minimum Gasteiger partial charge on any atom is -0.389 e. The highest BCUT2D eigenvalue weighted by Gasteiger charge is 2.37. The molecule has 0 unspecified atom stereocenters. The second-order valence-corrected chi connectivity index (χ2v) is 5.52. The molecule has 0 spiro atoms. The number of carbonyl (C=O) groups is 1. The standard InChI is InChI=1S/C14H19N5O2/c1-9-15-5-6-19(9)12-4-3-10(13(12)20)17-14(21)11-7-18(2)8-16-11/h5-8,10,12-13,20H,3-4H2,1-2H3,(H,17,21)/t10-,12-,13-/m1/s1. The fourth-order valence-electron chi connectivity index (χ4n) is 2.93. The van der Waals surface area contributed by atoms with Crippen molar-refractivity contribution in [3.63, 3.8) is 0 Å². The maximum absolute atomic E-state index is 12.1. The summed E-state index contributed by atoms with van der Waals surface area (Å²) < 4.78 is 3.69. The van der Waals surface area contributed by atoms with Gasteiger partial charge in [-0.25, -0.2) is 9.97 Å². The molecular formula is C14H19N5O2. The van der Waals surface area contributed by atoms with Gasteiger partial charge in [-0.3, -0.25) is 4.79 Å². The summed E-state index contributed by atoms with van der Waals surface area (Å²) in [6.07, 6.45) is 7.76. The molecule has 1 aliphatic carbocycles. The lowest BCUT2D eigenvalue weighted by molar-refractivity contribution is 0.0808. The quantitative estimate of drug-likeness (QED) is 0.857. The van der Waals surface area contributed by atoms with Crippen LogP contribution in [0.1, 0.15) is 35.2 Å². The van der Waals surface area contributed by atoms with Crippen LogP contribution in [0, 0.1) is 6.92 Å². The van der Waals surface area contributed by atoms with E-state index in [9.17, 15) is 9.90 Å². The summed E-state index contributed by atoms with van der Waals surface area (Å²) in [6, 6.07) is -0.298. The van der Waals surface area contributed by atoms with Crippen molar-refractivity contribution in [1.82, 2.24) is 24.4 Å². The summed E-state index contributed by atoms with van der Waals surface area (Å²) in [5.41, 5.74) is 0.368. The fourth-order valence-corrected chi connectivity index (χ4v) is 2.93. The Hall–Kier alpha value is -2.15. The van der Waals surface area contributed by atoms with Crippen LogP contribution in [0.5, 0.6) is 0 Å². The summed E-state index contributed by atoms with van der Waals surface area (Å²) in [6.45, 7) is 1.91. The SMILES string of the molecule is Cc1nccn1[C@@H]1CC[C@@H](NC(=O)c2cn(C)cn2)[C@H]1O. The van der Waals surface area contributed by atoms with Crippen LogP contribution in [-0.4, -0.2) is 42.3 Å². The first-order chi connectivity index (χ1) is 10.1. The second-order valence-electron chi connectivity index (χ2n) is 5.52. The number of carbonyl (C=O) groups excluding carboxylic acids is 1. The topological polar surface area (TPSA) is 85.0 Å². The van der Waals surface area contributed by atoms with Crippen molar-refractivity contribution >= 4 is 5.91 Å². The summed E-state index contributed by atoms with van der Waals surface area (Å²) in [5, 5.41) is 13.3. The molecule has 2 heterocycles. The Kier molecular flexibility index (Phi) is 3.50. The van der Waals surface area contributed by atoms with Gasteiger partial charge in [0.25, 0.3) is 5.91 Å². The van der Waals surface area contributed by atoms with E-state index in [1.807, 2.05) is 24.7 Å². The minimum absolute atomic E-state index is 0.0402. The van der Waals surface area contributed by atoms with Crippen LogP contribution in [0.25, 0.3) is 0 Å². The number of amides is 1. The zero-order chi connectivity index (χ0) is 15.0. The van der Waals surface area contributed by atoms with Gasteiger partial charge in [-0.2, -0.15) is 0 Å². The molecule has 2 aromatic heterocycles. The molecule has 0 bridgehead atoms. The Balaban J connectivity index is 1.68. The van der Waals surface area contributed by atoms with Crippen LogP contribution in [0.2, 0.25) is 0 Å². The van der Waals surface area contributed by atoms with Crippen LogP contribution in [0.4, 0.5) is 0 Å². The first kappa shape index (κ1) is 13.8. The van der Waals surface area contributed by atoms with Crippen molar-refractivity contribution in [1.29, 1.82) is 0 Å². The van der Waals surface area contributed by atoms with E-state index >= 15 is 0 Å². The Bertz CT molecular complexity index is 647. The number of hydrogen-bond acceptors (Lipinski definition) is 4. The van der Waals surface area contributed by atoms with E-state index in [0.717, 1.165) is 18.7 Å². The Morgan fingerprint density at radius 2 is 2.24 bits per heavy atom. The van der Waals surface area contributed by atoms with Gasteiger partial charge in [0.2, 0.25) is 0 Å². The van der Waals surface area contributed by atoms with Gasteiger partial charge in [-0.15, -0.1) is 0 Å². The lowest BCUT2D eigenvalue weighted by Gasteiger charge is -2.22. The predicted molar refractivity (Wildman–Crippen MR) is 75.7 cm³/mol. The van der Waals surface area contributed by atoms with E-state index in [-0.39, 0.29) is 18.0 Å². The van der Waals surface area contributed by atoms with Gasteiger partial charge in [0.1, 0.15) is 11.5 Å². The van der Waals surface area contributed by atoms with E-state index in [2.05, 4.69) is 15.3 Å². The highest BCUT2D eigenvalue weighted by molar-refractivity contribution is 5.92. The number of imidazole rings is 2. The third kappa shape index (κ3) is 2.56. The molecule has 7 nitrogen and oxygen atoms in total. The van der Waals surface area contributed by atoms with Crippen molar-refractivity contribution in [2.75, 3.05) is 0 Å². The van der Waals surface area contributed by atoms with Crippen LogP contribution >= 0.6 is 0 Å². The Labute approximate surface area is 122 Å². The predicted octanol–water partition coefficient (Wildman–Crippen LogP) is 0.419. The van der Waals surface area contributed by atoms with E-state index in [0.29, 0.717) is 5.69 Å². The maximum Gasteiger partial charge on any atom is 0.271 e. The zero-order valence-corrected chi connectivity index (χ0v) is 12.1. The maximum atomic E-state index is 12.1. The van der Waals surface area contributed by atoms with Crippen LogP contribution in [0.3, 0.4) is 0 Å². The number of aliphatic hydroxyl groups excluding tert-OH is 1. The van der Waals surface area contributed by atoms with Gasteiger partial charge in [-0.05, 0) is 19.8 Å². The van der Waals surface area contributed by atoms with E-state index in [4.69, 9.17) is 0 Å². The average Bonchev–Trinajstić information content (AvgIpc) is 3.13. The van der Waals surface area contributed by atoms with E-state index in [1.54, 1.807) is 23.3 Å². The monoisotopic (exact) mass is 289 g/mol. The summed E-state index contributed by atoms with van der Waals surface area (Å²) in [5.74, 6) is 0.624. The normalized spacial score (nSPS) is 25.2. The lowest BCUT2D eigenvalue weighted by Crippen LogP contribution is -2.42. The molecule has 0 radical (unpaired) electrons. The minimum atomic E-state index is -0.620. The molecule has 0 aliphatic heterocycles. The largest absolute Gasteiger partial charge is 0.389 e. The molecule has 1 aliphatic rings. The van der Waals surface area contributed by atoms with Gasteiger partial charge >= 0.3 is 0 Å². The van der Waals surface area contributed by atoms with Gasteiger partial charge in [0, 0.05) is 25.6 Å². The van der Waals surface area contributed by atoms with Crippen molar-refractivity contribution in [3.05, 3.63) is 36.4 Å². The molecule has 3 rings (SSSR count). The van der Waals surface area contributed by atoms with Gasteiger partial charge in [0.15, 0.2) is 0 Å². The number of rotatable bonds is 3. The molecule has 1 saturated carbocycles. The van der Waals surface area contributed by atoms with E-state index < -0.39 is 6.10 Å². The van der Waals surface area contributed by atoms with Crippen molar-refractivity contribution in [3.8, 4) is 0 Å². The Morgan fingerprint density at radius 3 is 2.86 bits per heavy atom. The molecule has 2 aromatic rings. The number of hydrogen-bond donors (Lipinski definition) is 2. The van der Waals surface area contributed by atoms with Crippen LogP contribution < -0.4 is 5.32 Å². The first-order valence-electron chi connectivity index (χ1n) is 7.02. The van der Waals surface area contributed by atoms with Gasteiger partial charge in [-0.1, -0.05) is 0 Å². The molecule has 0 saturated heterocycles. The molecule has 7 heteroatoms. The molecule has 2 N–H and O–H groups in total. The number of nitrogens with zero attached hydrogens (tertiary/aromatic N) is 4. The fraction of sp³-hybridized carbons (Fsp3) is 0.500. The highest BCUT2D eigenvalue weighted by atomic mass is 16.3. The third-order valence-electron chi connectivity index (χ3n) is 4.05. The summed E-state index contributed by atoms with van der Waals surface area (Å²) >= 11 is 0. The molecule has 1 fully saturated rings. The smallest absolute Gasteiger partial charge is 0.271 e. The van der Waals surface area contributed by atoms with Crippen molar-refractivity contribution < 1.29 is 9.90 Å². The van der Waals surface area contributed by atoms with Crippen LogP contribution in [-0.2, 0) is 7.05 Å². The van der Waals surface area contributed by atoms with E-state index in [1.165, 1.54) is 0 Å². The molecule has 1 amide bonds. The highest BCUT2D eigenvalue weighted by Crippen LogP contribution is 2.31. The number of nitrogens with one attached hydrogen (secondary N) is 1. The lowest BCUT2D eigenvalue weighted by atomic mass is 10.1. The summed E-state index contributed by atoms with van der Waals surface area (Å²) in [4.78, 5) is 20.3. The van der Waals surface area contributed by atoms with Crippen LogP contribution in [0.15, 0.2) is 24.9 Å². The van der Waals surface area contributed by atoms with Gasteiger partial charge in [0.05, 0.1) is 24.5 Å².